The number of hydrogen-bond acceptors (Lipinski definition) is 5. The highest BCUT2D eigenvalue weighted by Gasteiger charge is 2.31. The number of benzene rings is 2. The normalized spacial score (nSPS) is 19.1. The van der Waals surface area contributed by atoms with E-state index in [9.17, 15) is 4.79 Å². The van der Waals surface area contributed by atoms with Crippen LogP contribution < -0.4 is 9.47 Å². The average molecular weight is 426 g/mol. The first-order chi connectivity index (χ1) is 15.1. The number of piperidine rings is 1. The van der Waals surface area contributed by atoms with Crippen molar-refractivity contribution in [3.05, 3.63) is 59.7 Å². The lowest BCUT2D eigenvalue weighted by atomic mass is 9.79. The van der Waals surface area contributed by atoms with Gasteiger partial charge in [-0.2, -0.15) is 0 Å². The zero-order valence-electron chi connectivity index (χ0n) is 19.0. The van der Waals surface area contributed by atoms with Crippen LogP contribution in [0, 0.1) is 11.8 Å². The predicted molar refractivity (Wildman–Crippen MR) is 123 cm³/mol. The fourth-order valence-corrected chi connectivity index (χ4v) is 4.53. The molecule has 1 saturated heterocycles. The quantitative estimate of drug-likeness (QED) is 0.529. The van der Waals surface area contributed by atoms with Crippen LogP contribution >= 0.6 is 0 Å². The van der Waals surface area contributed by atoms with Gasteiger partial charge in [0.2, 0.25) is 0 Å². The highest BCUT2D eigenvalue weighted by atomic mass is 16.5. The zero-order chi connectivity index (χ0) is 22.1. The van der Waals surface area contributed by atoms with Gasteiger partial charge in [0, 0.05) is 19.5 Å². The van der Waals surface area contributed by atoms with Crippen LogP contribution in [0.15, 0.2) is 48.5 Å². The van der Waals surface area contributed by atoms with E-state index in [1.165, 1.54) is 11.1 Å². The van der Waals surface area contributed by atoms with E-state index in [1.54, 1.807) is 14.2 Å². The highest BCUT2D eigenvalue weighted by Crippen LogP contribution is 2.31. The van der Waals surface area contributed by atoms with Gasteiger partial charge < -0.3 is 19.1 Å². The van der Waals surface area contributed by atoms with Crippen LogP contribution in [0.2, 0.25) is 0 Å². The lowest BCUT2D eigenvalue weighted by molar-refractivity contribution is -0.145. The Bertz CT molecular complexity index is 823. The number of carbonyl (C=O) groups is 1. The molecule has 2 atom stereocenters. The monoisotopic (exact) mass is 425 g/mol. The summed E-state index contributed by atoms with van der Waals surface area (Å²) in [5.41, 5.74) is 2.58. The Hall–Kier alpha value is -2.53. The molecule has 0 spiro atoms. The fourth-order valence-electron chi connectivity index (χ4n) is 4.53. The van der Waals surface area contributed by atoms with Crippen LogP contribution in [0.25, 0.3) is 0 Å². The Balaban J connectivity index is 1.63. The van der Waals surface area contributed by atoms with E-state index in [4.69, 9.17) is 14.2 Å². The van der Waals surface area contributed by atoms with Gasteiger partial charge in [0.25, 0.3) is 0 Å². The molecule has 0 radical (unpaired) electrons. The Morgan fingerprint density at radius 2 is 1.77 bits per heavy atom. The second-order valence-electron chi connectivity index (χ2n) is 8.25. The zero-order valence-corrected chi connectivity index (χ0v) is 19.0. The van der Waals surface area contributed by atoms with E-state index in [0.29, 0.717) is 24.9 Å². The first-order valence-corrected chi connectivity index (χ1v) is 11.3. The van der Waals surface area contributed by atoms with Crippen LogP contribution in [0.5, 0.6) is 11.5 Å². The maximum absolute atomic E-state index is 12.2. The SMILES string of the molecule is CCOC(=O)CC1CCN(CCc2ccc(OC)c(OC)c2)CC1Cc1ccccc1. The molecule has 0 N–H and O–H groups in total. The minimum atomic E-state index is -0.0654. The van der Waals surface area contributed by atoms with Crippen molar-refractivity contribution in [2.24, 2.45) is 11.8 Å². The van der Waals surface area contributed by atoms with Crippen molar-refractivity contribution in [3.63, 3.8) is 0 Å². The number of esters is 1. The molecule has 2 unspecified atom stereocenters. The number of rotatable bonds is 10. The van der Waals surface area contributed by atoms with Crippen molar-refractivity contribution in [2.45, 2.75) is 32.6 Å². The Morgan fingerprint density at radius 3 is 2.48 bits per heavy atom. The summed E-state index contributed by atoms with van der Waals surface area (Å²) in [6.45, 7) is 5.34. The molecular weight excluding hydrogens is 390 g/mol. The number of carbonyl (C=O) groups excluding carboxylic acids is 1. The second kappa shape index (κ2) is 11.8. The van der Waals surface area contributed by atoms with Crippen LogP contribution in [-0.4, -0.2) is 51.3 Å². The number of ether oxygens (including phenoxy) is 3. The molecule has 1 aliphatic rings. The van der Waals surface area contributed by atoms with Crippen molar-refractivity contribution < 1.29 is 19.0 Å². The topological polar surface area (TPSA) is 48.0 Å². The molecule has 0 amide bonds. The minimum Gasteiger partial charge on any atom is -0.493 e. The largest absolute Gasteiger partial charge is 0.493 e. The molecule has 2 aromatic rings. The van der Waals surface area contributed by atoms with Crippen molar-refractivity contribution in [1.82, 2.24) is 4.90 Å². The third-order valence-corrected chi connectivity index (χ3v) is 6.22. The molecule has 0 saturated carbocycles. The summed E-state index contributed by atoms with van der Waals surface area (Å²) in [5.74, 6) is 2.29. The maximum Gasteiger partial charge on any atom is 0.306 e. The first kappa shape index (κ1) is 23.1. The van der Waals surface area contributed by atoms with Crippen molar-refractivity contribution in [1.29, 1.82) is 0 Å². The van der Waals surface area contributed by atoms with Crippen LogP contribution in [0.4, 0.5) is 0 Å². The fraction of sp³-hybridized carbons (Fsp3) is 0.500. The van der Waals surface area contributed by atoms with Gasteiger partial charge in [0.05, 0.1) is 20.8 Å². The molecular formula is C26H35NO4. The molecule has 1 heterocycles. The molecule has 3 rings (SSSR count). The van der Waals surface area contributed by atoms with E-state index in [0.717, 1.165) is 50.4 Å². The summed E-state index contributed by atoms with van der Waals surface area (Å²) in [5, 5.41) is 0. The molecule has 5 nitrogen and oxygen atoms in total. The lowest BCUT2D eigenvalue weighted by Crippen LogP contribution is -2.43. The molecule has 0 aliphatic carbocycles. The van der Waals surface area contributed by atoms with Gasteiger partial charge >= 0.3 is 5.97 Å². The summed E-state index contributed by atoms with van der Waals surface area (Å²) in [4.78, 5) is 14.7. The number of methoxy groups -OCH3 is 2. The summed E-state index contributed by atoms with van der Waals surface area (Å²) >= 11 is 0. The van der Waals surface area contributed by atoms with Gasteiger partial charge in [0.15, 0.2) is 11.5 Å². The molecule has 0 aromatic heterocycles. The lowest BCUT2D eigenvalue weighted by Gasteiger charge is -2.38. The Morgan fingerprint density at radius 1 is 1.00 bits per heavy atom. The average Bonchev–Trinajstić information content (AvgIpc) is 2.79. The van der Waals surface area contributed by atoms with Crippen molar-refractivity contribution >= 4 is 5.97 Å². The summed E-state index contributed by atoms with van der Waals surface area (Å²) < 4.78 is 16.0. The summed E-state index contributed by atoms with van der Waals surface area (Å²) in [6.07, 6.45) is 3.51. The molecule has 31 heavy (non-hydrogen) atoms. The highest BCUT2D eigenvalue weighted by molar-refractivity contribution is 5.69. The van der Waals surface area contributed by atoms with Gasteiger partial charge in [-0.05, 0) is 67.8 Å². The number of hydrogen-bond donors (Lipinski definition) is 0. The number of likely N-dealkylation sites (tertiary alicyclic amines) is 1. The molecule has 5 heteroatoms. The second-order valence-corrected chi connectivity index (χ2v) is 8.25. The molecule has 1 fully saturated rings. The van der Waals surface area contributed by atoms with Gasteiger partial charge in [-0.3, -0.25) is 4.79 Å². The van der Waals surface area contributed by atoms with E-state index >= 15 is 0 Å². The third kappa shape index (κ3) is 6.73. The maximum atomic E-state index is 12.2. The molecule has 1 aliphatic heterocycles. The number of nitrogens with zero attached hydrogens (tertiary/aromatic N) is 1. The van der Waals surface area contributed by atoms with E-state index in [1.807, 2.05) is 13.0 Å². The summed E-state index contributed by atoms with van der Waals surface area (Å²) in [6, 6.07) is 16.7. The van der Waals surface area contributed by atoms with Gasteiger partial charge in [-0.15, -0.1) is 0 Å². The predicted octanol–water partition coefficient (Wildman–Crippen LogP) is 4.38. The molecule has 2 aromatic carbocycles. The van der Waals surface area contributed by atoms with Gasteiger partial charge in [0.1, 0.15) is 0 Å². The Labute approximate surface area is 186 Å². The van der Waals surface area contributed by atoms with Crippen molar-refractivity contribution in [2.75, 3.05) is 40.5 Å². The van der Waals surface area contributed by atoms with E-state index in [2.05, 4.69) is 47.4 Å². The van der Waals surface area contributed by atoms with Crippen molar-refractivity contribution in [3.8, 4) is 11.5 Å². The minimum absolute atomic E-state index is 0.0654. The third-order valence-electron chi connectivity index (χ3n) is 6.22. The smallest absolute Gasteiger partial charge is 0.306 e. The molecule has 0 bridgehead atoms. The standard InChI is InChI=1S/C26H35NO4/c1-4-31-26(28)18-22-13-15-27(19-23(22)16-20-8-6-5-7-9-20)14-12-21-10-11-24(29-2)25(17-21)30-3/h5-11,17,22-23H,4,12-16,18-19H2,1-3H3. The van der Waals surface area contributed by atoms with Crippen LogP contribution in [0.1, 0.15) is 30.9 Å². The van der Waals surface area contributed by atoms with E-state index in [-0.39, 0.29) is 5.97 Å². The molecule has 168 valence electrons. The van der Waals surface area contributed by atoms with Crippen LogP contribution in [0.3, 0.4) is 0 Å². The van der Waals surface area contributed by atoms with Gasteiger partial charge in [-0.1, -0.05) is 36.4 Å². The first-order valence-electron chi connectivity index (χ1n) is 11.3. The van der Waals surface area contributed by atoms with E-state index < -0.39 is 0 Å². The summed E-state index contributed by atoms with van der Waals surface area (Å²) in [7, 11) is 3.33. The Kier molecular flexibility index (Phi) is 8.77. The van der Waals surface area contributed by atoms with Crippen LogP contribution in [-0.2, 0) is 22.4 Å². The van der Waals surface area contributed by atoms with Gasteiger partial charge in [-0.25, -0.2) is 0 Å².